The van der Waals surface area contributed by atoms with Crippen LogP contribution < -0.4 is 9.47 Å². The molecule has 0 unspecified atom stereocenters. The van der Waals surface area contributed by atoms with Crippen LogP contribution >= 0.6 is 0 Å². The van der Waals surface area contributed by atoms with Crippen molar-refractivity contribution in [1.82, 2.24) is 0 Å². The Labute approximate surface area is 124 Å². The summed E-state index contributed by atoms with van der Waals surface area (Å²) in [6, 6.07) is 13.2. The number of methoxy groups -OCH3 is 1. The normalized spacial score (nSPS) is 17.2. The molecule has 0 fully saturated rings. The van der Waals surface area contributed by atoms with Crippen LogP contribution in [-0.4, -0.2) is 18.3 Å². The molecule has 3 nitrogen and oxygen atoms in total. The minimum absolute atomic E-state index is 0.0623. The Bertz CT molecular complexity index is 699. The van der Waals surface area contributed by atoms with Crippen LogP contribution in [0.2, 0.25) is 0 Å². The summed E-state index contributed by atoms with van der Waals surface area (Å²) in [6.45, 7) is 4.12. The van der Waals surface area contributed by atoms with Crippen LogP contribution in [0.4, 0.5) is 0 Å². The van der Waals surface area contributed by atoms with Gasteiger partial charge in [0.2, 0.25) is 0 Å². The van der Waals surface area contributed by atoms with E-state index in [4.69, 9.17) is 9.47 Å². The molecule has 21 heavy (non-hydrogen) atoms. The SMILES string of the molecule is COc1ccc(C2=C(C)c3ccc(O)cc3O[C@@H]2C)cc1. The molecule has 1 aliphatic rings. The van der Waals surface area contributed by atoms with Gasteiger partial charge in [0.25, 0.3) is 0 Å². The van der Waals surface area contributed by atoms with Crippen LogP contribution in [0.3, 0.4) is 0 Å². The third kappa shape index (κ3) is 2.35. The molecule has 1 N–H and O–H groups in total. The highest BCUT2D eigenvalue weighted by Gasteiger charge is 2.24. The lowest BCUT2D eigenvalue weighted by Gasteiger charge is -2.28. The van der Waals surface area contributed by atoms with Gasteiger partial charge in [-0.3, -0.25) is 0 Å². The quantitative estimate of drug-likeness (QED) is 0.900. The van der Waals surface area contributed by atoms with Gasteiger partial charge in [-0.15, -0.1) is 0 Å². The zero-order chi connectivity index (χ0) is 15.0. The predicted molar refractivity (Wildman–Crippen MR) is 83.7 cm³/mol. The second-order valence-electron chi connectivity index (χ2n) is 5.21. The van der Waals surface area contributed by atoms with Crippen molar-refractivity contribution in [1.29, 1.82) is 0 Å². The molecular formula is C18H18O3. The molecule has 0 spiro atoms. The second-order valence-corrected chi connectivity index (χ2v) is 5.21. The van der Waals surface area contributed by atoms with E-state index in [1.807, 2.05) is 37.3 Å². The average Bonchev–Trinajstić information content (AvgIpc) is 2.47. The summed E-state index contributed by atoms with van der Waals surface area (Å²) >= 11 is 0. The van der Waals surface area contributed by atoms with Crippen molar-refractivity contribution in [3.05, 3.63) is 53.6 Å². The number of hydrogen-bond donors (Lipinski definition) is 1. The van der Waals surface area contributed by atoms with Gasteiger partial charge < -0.3 is 14.6 Å². The van der Waals surface area contributed by atoms with Gasteiger partial charge in [0.1, 0.15) is 23.4 Å². The fourth-order valence-electron chi connectivity index (χ4n) is 2.84. The first-order valence-corrected chi connectivity index (χ1v) is 6.95. The highest BCUT2D eigenvalue weighted by Crippen LogP contribution is 2.41. The Morgan fingerprint density at radius 1 is 1.10 bits per heavy atom. The van der Waals surface area contributed by atoms with E-state index < -0.39 is 0 Å². The minimum Gasteiger partial charge on any atom is -0.508 e. The Morgan fingerprint density at radius 2 is 1.81 bits per heavy atom. The van der Waals surface area contributed by atoms with E-state index in [1.54, 1.807) is 19.2 Å². The second kappa shape index (κ2) is 5.17. The molecule has 1 heterocycles. The predicted octanol–water partition coefficient (Wildman–Crippen LogP) is 4.11. The van der Waals surface area contributed by atoms with Crippen LogP contribution in [0.5, 0.6) is 17.2 Å². The van der Waals surface area contributed by atoms with Crippen LogP contribution in [0.1, 0.15) is 25.0 Å². The van der Waals surface area contributed by atoms with Gasteiger partial charge in [0, 0.05) is 17.2 Å². The van der Waals surface area contributed by atoms with Gasteiger partial charge in [-0.2, -0.15) is 0 Å². The molecule has 1 atom stereocenters. The molecule has 2 aromatic carbocycles. The molecule has 0 amide bonds. The molecule has 1 aliphatic heterocycles. The summed E-state index contributed by atoms with van der Waals surface area (Å²) in [6.07, 6.45) is -0.0623. The first kappa shape index (κ1) is 13.6. The summed E-state index contributed by atoms with van der Waals surface area (Å²) in [5.74, 6) is 1.80. The molecule has 0 bridgehead atoms. The summed E-state index contributed by atoms with van der Waals surface area (Å²) in [5, 5.41) is 9.59. The number of rotatable bonds is 2. The number of benzene rings is 2. The number of allylic oxidation sites excluding steroid dienone is 1. The third-order valence-corrected chi connectivity index (χ3v) is 3.88. The molecule has 2 aromatic rings. The highest BCUT2D eigenvalue weighted by atomic mass is 16.5. The number of aromatic hydroxyl groups is 1. The fraction of sp³-hybridized carbons (Fsp3) is 0.222. The van der Waals surface area contributed by atoms with Crippen molar-refractivity contribution >= 4 is 11.1 Å². The van der Waals surface area contributed by atoms with Crippen molar-refractivity contribution < 1.29 is 14.6 Å². The average molecular weight is 282 g/mol. The number of fused-ring (bicyclic) bond motifs is 1. The van der Waals surface area contributed by atoms with Gasteiger partial charge in [-0.05, 0) is 49.2 Å². The molecule has 3 heteroatoms. The topological polar surface area (TPSA) is 38.7 Å². The Morgan fingerprint density at radius 3 is 2.48 bits per heavy atom. The van der Waals surface area contributed by atoms with Crippen LogP contribution in [-0.2, 0) is 0 Å². The summed E-state index contributed by atoms with van der Waals surface area (Å²) in [4.78, 5) is 0. The van der Waals surface area contributed by atoms with Crippen molar-refractivity contribution in [2.24, 2.45) is 0 Å². The lowest BCUT2D eigenvalue weighted by molar-refractivity contribution is 0.272. The molecule has 0 saturated heterocycles. The molecule has 108 valence electrons. The zero-order valence-electron chi connectivity index (χ0n) is 12.4. The van der Waals surface area contributed by atoms with E-state index in [-0.39, 0.29) is 11.9 Å². The van der Waals surface area contributed by atoms with Crippen molar-refractivity contribution in [2.75, 3.05) is 7.11 Å². The standard InChI is InChI=1S/C18H18O3/c1-11-16-9-6-14(19)10-17(16)21-12(2)18(11)13-4-7-15(20-3)8-5-13/h4-10,12,19H,1-3H3/t12-/m1/s1. The smallest absolute Gasteiger partial charge is 0.131 e. The van der Waals surface area contributed by atoms with Gasteiger partial charge in [-0.1, -0.05) is 12.1 Å². The molecular weight excluding hydrogens is 264 g/mol. The monoisotopic (exact) mass is 282 g/mol. The first-order chi connectivity index (χ1) is 10.1. The molecule has 3 rings (SSSR count). The molecule has 0 aliphatic carbocycles. The third-order valence-electron chi connectivity index (χ3n) is 3.88. The first-order valence-electron chi connectivity index (χ1n) is 6.95. The summed E-state index contributed by atoms with van der Waals surface area (Å²) in [5.41, 5.74) is 4.49. The number of hydrogen-bond acceptors (Lipinski definition) is 3. The van der Waals surface area contributed by atoms with E-state index in [2.05, 4.69) is 6.92 Å². The Kier molecular flexibility index (Phi) is 3.34. The largest absolute Gasteiger partial charge is 0.508 e. The number of phenolic OH excluding ortho intramolecular Hbond substituents is 1. The Hall–Kier alpha value is -2.42. The molecule has 0 saturated carbocycles. The number of ether oxygens (including phenoxy) is 2. The van der Waals surface area contributed by atoms with E-state index in [9.17, 15) is 5.11 Å². The van der Waals surface area contributed by atoms with Crippen LogP contribution in [0.15, 0.2) is 42.5 Å². The van der Waals surface area contributed by atoms with E-state index in [0.717, 1.165) is 28.2 Å². The van der Waals surface area contributed by atoms with Crippen molar-refractivity contribution in [3.8, 4) is 17.2 Å². The lowest BCUT2D eigenvalue weighted by Crippen LogP contribution is -2.20. The van der Waals surface area contributed by atoms with Crippen molar-refractivity contribution in [3.63, 3.8) is 0 Å². The van der Waals surface area contributed by atoms with Crippen LogP contribution in [0, 0.1) is 0 Å². The van der Waals surface area contributed by atoms with Gasteiger partial charge in [-0.25, -0.2) is 0 Å². The maximum absolute atomic E-state index is 9.59. The van der Waals surface area contributed by atoms with E-state index in [1.165, 1.54) is 5.57 Å². The van der Waals surface area contributed by atoms with Gasteiger partial charge in [0.05, 0.1) is 7.11 Å². The fourth-order valence-corrected chi connectivity index (χ4v) is 2.84. The maximum Gasteiger partial charge on any atom is 0.131 e. The lowest BCUT2D eigenvalue weighted by atomic mass is 9.89. The minimum atomic E-state index is -0.0623. The number of phenols is 1. The van der Waals surface area contributed by atoms with E-state index >= 15 is 0 Å². The van der Waals surface area contributed by atoms with E-state index in [0.29, 0.717) is 0 Å². The molecule has 0 radical (unpaired) electrons. The molecule has 0 aromatic heterocycles. The summed E-state index contributed by atoms with van der Waals surface area (Å²) in [7, 11) is 1.66. The summed E-state index contributed by atoms with van der Waals surface area (Å²) < 4.78 is 11.2. The van der Waals surface area contributed by atoms with Gasteiger partial charge >= 0.3 is 0 Å². The maximum atomic E-state index is 9.59. The van der Waals surface area contributed by atoms with Crippen molar-refractivity contribution in [2.45, 2.75) is 20.0 Å². The highest BCUT2D eigenvalue weighted by molar-refractivity contribution is 5.95. The van der Waals surface area contributed by atoms with Gasteiger partial charge in [0.15, 0.2) is 0 Å². The zero-order valence-corrected chi connectivity index (χ0v) is 12.4. The Balaban J connectivity index is 2.11. The van der Waals surface area contributed by atoms with Crippen LogP contribution in [0.25, 0.3) is 11.1 Å².